The van der Waals surface area contributed by atoms with Gasteiger partial charge in [0.25, 0.3) is 0 Å². The number of nitrogens with two attached hydrogens (primary N) is 1. The zero-order valence-corrected chi connectivity index (χ0v) is 11.5. The quantitative estimate of drug-likeness (QED) is 0.763. The third-order valence-corrected chi connectivity index (χ3v) is 3.17. The molecule has 1 aromatic carbocycles. The van der Waals surface area contributed by atoms with Gasteiger partial charge in [0.2, 0.25) is 10.0 Å². The second kappa shape index (κ2) is 6.72. The van der Waals surface area contributed by atoms with E-state index in [1.165, 1.54) is 5.56 Å². The van der Waals surface area contributed by atoms with Gasteiger partial charge in [-0.25, -0.2) is 13.6 Å². The first kappa shape index (κ1) is 14.9. The number of hydrogen-bond donors (Lipinski definition) is 2. The van der Waals surface area contributed by atoms with Crippen LogP contribution >= 0.6 is 0 Å². The number of ether oxygens (including phenoxy) is 1. The van der Waals surface area contributed by atoms with Crippen LogP contribution in [0.15, 0.2) is 24.3 Å². The summed E-state index contributed by atoms with van der Waals surface area (Å²) in [5.74, 6) is 0.739. The van der Waals surface area contributed by atoms with Crippen LogP contribution in [0.1, 0.15) is 12.5 Å². The molecule has 6 heteroatoms. The number of sulfonamides is 1. The van der Waals surface area contributed by atoms with Crippen LogP contribution in [-0.2, 0) is 10.0 Å². The highest BCUT2D eigenvalue weighted by atomic mass is 32.2. The number of benzene rings is 1. The molecule has 1 rings (SSSR count). The Hall–Kier alpha value is -1.11. The lowest BCUT2D eigenvalue weighted by atomic mass is 10.2. The van der Waals surface area contributed by atoms with E-state index in [1.54, 1.807) is 0 Å². The van der Waals surface area contributed by atoms with Gasteiger partial charge in [-0.15, -0.1) is 0 Å². The van der Waals surface area contributed by atoms with Crippen LogP contribution in [0, 0.1) is 6.92 Å². The molecule has 5 nitrogen and oxygen atoms in total. The third kappa shape index (κ3) is 6.58. The van der Waals surface area contributed by atoms with Gasteiger partial charge in [-0.05, 0) is 26.0 Å². The molecule has 0 bridgehead atoms. The number of rotatable bonds is 7. The molecule has 0 heterocycles. The van der Waals surface area contributed by atoms with Gasteiger partial charge in [-0.2, -0.15) is 0 Å². The Kier molecular flexibility index (Phi) is 5.58. The van der Waals surface area contributed by atoms with Crippen molar-refractivity contribution in [1.82, 2.24) is 5.32 Å². The van der Waals surface area contributed by atoms with Crippen molar-refractivity contribution in [1.29, 1.82) is 0 Å². The van der Waals surface area contributed by atoms with Crippen LogP contribution < -0.4 is 15.2 Å². The molecular weight excluding hydrogens is 252 g/mol. The van der Waals surface area contributed by atoms with Crippen molar-refractivity contribution in [2.45, 2.75) is 19.9 Å². The summed E-state index contributed by atoms with van der Waals surface area (Å²) in [5, 5.41) is 7.94. The Morgan fingerprint density at radius 2 is 1.94 bits per heavy atom. The van der Waals surface area contributed by atoms with Gasteiger partial charge in [0, 0.05) is 12.6 Å². The van der Waals surface area contributed by atoms with Crippen molar-refractivity contribution in [2.75, 3.05) is 18.9 Å². The molecule has 18 heavy (non-hydrogen) atoms. The highest BCUT2D eigenvalue weighted by Gasteiger charge is 2.06. The number of hydrogen-bond acceptors (Lipinski definition) is 4. The smallest absolute Gasteiger partial charge is 0.210 e. The molecule has 0 radical (unpaired) electrons. The molecule has 1 aromatic rings. The fraction of sp³-hybridized carbons (Fsp3) is 0.500. The molecular formula is C12H20N2O3S. The molecule has 0 amide bonds. The molecule has 0 aliphatic carbocycles. The van der Waals surface area contributed by atoms with E-state index < -0.39 is 10.0 Å². The van der Waals surface area contributed by atoms with Crippen LogP contribution in [-0.4, -0.2) is 33.4 Å². The minimum absolute atomic E-state index is 0.0630. The highest BCUT2D eigenvalue weighted by molar-refractivity contribution is 7.89. The summed E-state index contributed by atoms with van der Waals surface area (Å²) >= 11 is 0. The molecule has 0 aliphatic heterocycles. The van der Waals surface area contributed by atoms with E-state index in [9.17, 15) is 8.42 Å². The zero-order chi connectivity index (χ0) is 13.6. The number of nitrogens with one attached hydrogen (secondary N) is 1. The summed E-state index contributed by atoms with van der Waals surface area (Å²) in [6.07, 6.45) is 0. The first-order chi connectivity index (χ1) is 8.37. The molecule has 0 aliphatic rings. The molecule has 0 saturated carbocycles. The largest absolute Gasteiger partial charge is 0.492 e. The Morgan fingerprint density at radius 3 is 2.50 bits per heavy atom. The molecule has 102 valence electrons. The topological polar surface area (TPSA) is 81.4 Å². The lowest BCUT2D eigenvalue weighted by Gasteiger charge is -2.14. The van der Waals surface area contributed by atoms with Crippen LogP contribution in [0.5, 0.6) is 5.75 Å². The average Bonchev–Trinajstić information content (AvgIpc) is 2.26. The third-order valence-electron chi connectivity index (χ3n) is 2.40. The fourth-order valence-electron chi connectivity index (χ4n) is 1.36. The van der Waals surface area contributed by atoms with E-state index in [-0.39, 0.29) is 11.8 Å². The van der Waals surface area contributed by atoms with Crippen LogP contribution in [0.25, 0.3) is 0 Å². The zero-order valence-electron chi connectivity index (χ0n) is 10.7. The Bertz CT molecular complexity index is 457. The van der Waals surface area contributed by atoms with E-state index in [0.717, 1.165) is 5.75 Å². The molecule has 3 N–H and O–H groups in total. The van der Waals surface area contributed by atoms with Gasteiger partial charge in [0.15, 0.2) is 0 Å². The van der Waals surface area contributed by atoms with Gasteiger partial charge in [0.05, 0.1) is 5.75 Å². The molecule has 1 atom stereocenters. The monoisotopic (exact) mass is 272 g/mol. The summed E-state index contributed by atoms with van der Waals surface area (Å²) < 4.78 is 27.0. The second-order valence-corrected chi connectivity index (χ2v) is 6.08. The van der Waals surface area contributed by atoms with Crippen LogP contribution in [0.4, 0.5) is 0 Å². The summed E-state index contributed by atoms with van der Waals surface area (Å²) in [5.41, 5.74) is 1.18. The van der Waals surface area contributed by atoms with E-state index in [4.69, 9.17) is 9.88 Å². The average molecular weight is 272 g/mol. The summed E-state index contributed by atoms with van der Waals surface area (Å²) in [7, 11) is -3.39. The lowest BCUT2D eigenvalue weighted by Crippen LogP contribution is -2.36. The van der Waals surface area contributed by atoms with Gasteiger partial charge in [0.1, 0.15) is 12.4 Å². The Morgan fingerprint density at radius 1 is 1.33 bits per heavy atom. The minimum Gasteiger partial charge on any atom is -0.492 e. The van der Waals surface area contributed by atoms with Crippen molar-refractivity contribution in [3.05, 3.63) is 29.8 Å². The van der Waals surface area contributed by atoms with Crippen molar-refractivity contribution in [2.24, 2.45) is 5.14 Å². The van der Waals surface area contributed by atoms with E-state index in [0.29, 0.717) is 13.2 Å². The first-order valence-corrected chi connectivity index (χ1v) is 7.52. The van der Waals surface area contributed by atoms with Crippen molar-refractivity contribution < 1.29 is 13.2 Å². The van der Waals surface area contributed by atoms with Gasteiger partial charge in [-0.3, -0.25) is 0 Å². The van der Waals surface area contributed by atoms with Crippen LogP contribution in [0.2, 0.25) is 0 Å². The maximum atomic E-state index is 10.7. The Balaban J connectivity index is 2.24. The maximum absolute atomic E-state index is 10.7. The van der Waals surface area contributed by atoms with Gasteiger partial charge >= 0.3 is 0 Å². The SMILES string of the molecule is Cc1ccc(OCC(C)NCCS(N)(=O)=O)cc1. The van der Waals surface area contributed by atoms with Crippen molar-refractivity contribution >= 4 is 10.0 Å². The molecule has 0 saturated heterocycles. The van der Waals surface area contributed by atoms with Gasteiger partial charge < -0.3 is 10.1 Å². The maximum Gasteiger partial charge on any atom is 0.210 e. The minimum atomic E-state index is -3.39. The predicted molar refractivity (Wildman–Crippen MR) is 72.1 cm³/mol. The fourth-order valence-corrected chi connectivity index (χ4v) is 1.76. The molecule has 0 aromatic heterocycles. The first-order valence-electron chi connectivity index (χ1n) is 5.80. The highest BCUT2D eigenvalue weighted by Crippen LogP contribution is 2.11. The standard InChI is InChI=1S/C12H20N2O3S/c1-10-3-5-12(6-4-10)17-9-11(2)14-7-8-18(13,15)16/h3-6,11,14H,7-9H2,1-2H3,(H2,13,15,16). The number of aryl methyl sites for hydroxylation is 1. The molecule has 0 fully saturated rings. The lowest BCUT2D eigenvalue weighted by molar-refractivity contribution is 0.275. The normalized spacial score (nSPS) is 13.3. The van der Waals surface area contributed by atoms with Crippen LogP contribution in [0.3, 0.4) is 0 Å². The van der Waals surface area contributed by atoms with Gasteiger partial charge in [-0.1, -0.05) is 17.7 Å². The summed E-state index contributed by atoms with van der Waals surface area (Å²) in [6.45, 7) is 4.75. The summed E-state index contributed by atoms with van der Waals surface area (Å²) in [4.78, 5) is 0. The van der Waals surface area contributed by atoms with E-state index in [2.05, 4.69) is 5.32 Å². The van der Waals surface area contributed by atoms with Crippen molar-refractivity contribution in [3.8, 4) is 5.75 Å². The van der Waals surface area contributed by atoms with E-state index >= 15 is 0 Å². The molecule has 0 spiro atoms. The predicted octanol–water partition coefficient (Wildman–Crippen LogP) is 0.640. The number of primary sulfonamides is 1. The van der Waals surface area contributed by atoms with E-state index in [1.807, 2.05) is 38.1 Å². The Labute approximate surface area is 108 Å². The second-order valence-electron chi connectivity index (χ2n) is 4.35. The molecule has 1 unspecified atom stereocenters. The summed E-state index contributed by atoms with van der Waals surface area (Å²) in [6, 6.07) is 7.84. The van der Waals surface area contributed by atoms with Crippen molar-refractivity contribution in [3.63, 3.8) is 0 Å².